The third-order valence-electron chi connectivity index (χ3n) is 3.08. The van der Waals surface area contributed by atoms with Crippen LogP contribution in [0.15, 0.2) is 36.4 Å². The number of hydrogen-bond donors (Lipinski definition) is 1. The zero-order chi connectivity index (χ0) is 13.1. The van der Waals surface area contributed by atoms with Gasteiger partial charge in [0.2, 0.25) is 0 Å². The van der Waals surface area contributed by atoms with Gasteiger partial charge in [0, 0.05) is 18.3 Å². The smallest absolute Gasteiger partial charge is 0.172 e. The maximum Gasteiger partial charge on any atom is 0.172 e. The summed E-state index contributed by atoms with van der Waals surface area (Å²) in [5.74, 6) is -0.0573. The second kappa shape index (κ2) is 5.08. The predicted molar refractivity (Wildman–Crippen MR) is 72.7 cm³/mol. The van der Waals surface area contributed by atoms with Crippen LogP contribution in [0.3, 0.4) is 0 Å². The van der Waals surface area contributed by atoms with E-state index in [2.05, 4.69) is 5.32 Å². The van der Waals surface area contributed by atoms with Crippen molar-refractivity contribution < 1.29 is 9.13 Å². The van der Waals surface area contributed by atoms with Crippen LogP contribution in [0.25, 0.3) is 11.1 Å². The maximum atomic E-state index is 14.2. The normalized spacial score (nSPS) is 10.2. The molecule has 0 saturated carbocycles. The summed E-state index contributed by atoms with van der Waals surface area (Å²) >= 11 is 0. The molecule has 0 saturated heterocycles. The molecule has 0 aliphatic rings. The van der Waals surface area contributed by atoms with Crippen molar-refractivity contribution in [1.29, 1.82) is 0 Å². The van der Waals surface area contributed by atoms with Crippen LogP contribution >= 0.6 is 0 Å². The lowest BCUT2D eigenvalue weighted by molar-refractivity contribution is 0.387. The number of rotatable bonds is 3. The molecule has 0 fully saturated rings. The highest BCUT2D eigenvalue weighted by atomic mass is 19.1. The molecule has 0 aliphatic carbocycles. The summed E-state index contributed by atoms with van der Waals surface area (Å²) in [5, 5.41) is 3.10. The second-order valence-electron chi connectivity index (χ2n) is 4.05. The Hall–Kier alpha value is -2.03. The summed E-state index contributed by atoms with van der Waals surface area (Å²) in [6, 6.07) is 11.0. The van der Waals surface area contributed by atoms with Crippen LogP contribution in [-0.4, -0.2) is 14.2 Å². The lowest BCUT2D eigenvalue weighted by atomic mass is 9.98. The number of methoxy groups -OCH3 is 1. The first-order valence-corrected chi connectivity index (χ1v) is 5.79. The molecular formula is C15H16FNO. The molecular weight excluding hydrogens is 229 g/mol. The summed E-state index contributed by atoms with van der Waals surface area (Å²) in [6.45, 7) is 1.97. The number of ether oxygens (including phenoxy) is 1. The molecule has 0 bridgehead atoms. The molecule has 2 aromatic rings. The van der Waals surface area contributed by atoms with Gasteiger partial charge in [-0.25, -0.2) is 4.39 Å². The van der Waals surface area contributed by atoms with Crippen LogP contribution in [-0.2, 0) is 0 Å². The first-order chi connectivity index (χ1) is 8.69. The van der Waals surface area contributed by atoms with Gasteiger partial charge in [-0.1, -0.05) is 24.3 Å². The SMILES string of the molecule is CNc1cccc(-c2cccc(OC)c2F)c1C. The average Bonchev–Trinajstić information content (AvgIpc) is 2.40. The molecule has 0 spiro atoms. The molecule has 3 heteroatoms. The van der Waals surface area contributed by atoms with Crippen LogP contribution in [0.5, 0.6) is 5.75 Å². The molecule has 0 radical (unpaired) electrons. The highest BCUT2D eigenvalue weighted by molar-refractivity contribution is 5.74. The van der Waals surface area contributed by atoms with Crippen molar-refractivity contribution in [3.8, 4) is 16.9 Å². The average molecular weight is 245 g/mol. The van der Waals surface area contributed by atoms with Crippen molar-refractivity contribution in [2.24, 2.45) is 0 Å². The summed E-state index contributed by atoms with van der Waals surface area (Å²) in [5.41, 5.74) is 3.45. The minimum Gasteiger partial charge on any atom is -0.494 e. The van der Waals surface area contributed by atoms with Gasteiger partial charge in [0.25, 0.3) is 0 Å². The van der Waals surface area contributed by atoms with Gasteiger partial charge in [-0.15, -0.1) is 0 Å². The Morgan fingerprint density at radius 3 is 2.39 bits per heavy atom. The Balaban J connectivity index is 2.62. The fourth-order valence-corrected chi connectivity index (χ4v) is 2.07. The number of benzene rings is 2. The van der Waals surface area contributed by atoms with E-state index < -0.39 is 0 Å². The van der Waals surface area contributed by atoms with Gasteiger partial charge in [-0.05, 0) is 30.2 Å². The molecule has 1 N–H and O–H groups in total. The first-order valence-electron chi connectivity index (χ1n) is 5.79. The fraction of sp³-hybridized carbons (Fsp3) is 0.200. The lowest BCUT2D eigenvalue weighted by Gasteiger charge is -2.13. The lowest BCUT2D eigenvalue weighted by Crippen LogP contribution is -1.96. The van der Waals surface area contributed by atoms with Crippen LogP contribution in [0.2, 0.25) is 0 Å². The monoisotopic (exact) mass is 245 g/mol. The predicted octanol–water partition coefficient (Wildman–Crippen LogP) is 3.85. The maximum absolute atomic E-state index is 14.2. The number of halogens is 1. The van der Waals surface area contributed by atoms with Crippen LogP contribution in [0, 0.1) is 12.7 Å². The molecule has 0 atom stereocenters. The van der Waals surface area contributed by atoms with E-state index >= 15 is 0 Å². The van der Waals surface area contributed by atoms with Crippen molar-refractivity contribution in [3.05, 3.63) is 47.8 Å². The van der Waals surface area contributed by atoms with E-state index in [1.54, 1.807) is 18.2 Å². The summed E-state index contributed by atoms with van der Waals surface area (Å²) in [6.07, 6.45) is 0. The second-order valence-corrected chi connectivity index (χ2v) is 4.05. The molecule has 2 nitrogen and oxygen atoms in total. The summed E-state index contributed by atoms with van der Waals surface area (Å²) in [4.78, 5) is 0. The van der Waals surface area contributed by atoms with Gasteiger partial charge in [0.05, 0.1) is 7.11 Å². The van der Waals surface area contributed by atoms with E-state index in [9.17, 15) is 4.39 Å². The highest BCUT2D eigenvalue weighted by Gasteiger charge is 2.13. The Morgan fingerprint density at radius 2 is 1.72 bits per heavy atom. The molecule has 94 valence electrons. The van der Waals surface area contributed by atoms with Crippen molar-refractivity contribution in [1.82, 2.24) is 0 Å². The third-order valence-corrected chi connectivity index (χ3v) is 3.08. The van der Waals surface area contributed by atoms with Gasteiger partial charge < -0.3 is 10.1 Å². The van der Waals surface area contributed by atoms with Gasteiger partial charge in [0.15, 0.2) is 11.6 Å². The third kappa shape index (κ3) is 2.04. The minimum atomic E-state index is -0.323. The van der Waals surface area contributed by atoms with E-state index in [1.165, 1.54) is 7.11 Å². The van der Waals surface area contributed by atoms with Gasteiger partial charge >= 0.3 is 0 Å². The molecule has 0 unspecified atom stereocenters. The Bertz CT molecular complexity index is 515. The number of hydrogen-bond acceptors (Lipinski definition) is 2. The molecule has 0 aliphatic heterocycles. The zero-order valence-corrected chi connectivity index (χ0v) is 10.8. The Morgan fingerprint density at radius 1 is 1.06 bits per heavy atom. The van der Waals surface area contributed by atoms with E-state index in [1.807, 2.05) is 32.2 Å². The van der Waals surface area contributed by atoms with Crippen LogP contribution in [0.1, 0.15) is 5.56 Å². The highest BCUT2D eigenvalue weighted by Crippen LogP contribution is 2.33. The molecule has 0 heterocycles. The van der Waals surface area contributed by atoms with Crippen LogP contribution in [0.4, 0.5) is 10.1 Å². The topological polar surface area (TPSA) is 21.3 Å². The van der Waals surface area contributed by atoms with Gasteiger partial charge in [0.1, 0.15) is 0 Å². The fourth-order valence-electron chi connectivity index (χ4n) is 2.07. The van der Waals surface area contributed by atoms with E-state index in [4.69, 9.17) is 4.74 Å². The van der Waals surface area contributed by atoms with Crippen molar-refractivity contribution >= 4 is 5.69 Å². The molecule has 2 rings (SSSR count). The van der Waals surface area contributed by atoms with Crippen molar-refractivity contribution in [2.75, 3.05) is 19.5 Å². The summed E-state index contributed by atoms with van der Waals surface area (Å²) < 4.78 is 19.2. The standard InChI is InChI=1S/C15H16FNO/c1-10-11(6-4-8-13(10)17-2)12-7-5-9-14(18-3)15(12)16/h4-9,17H,1-3H3. The summed E-state index contributed by atoms with van der Waals surface area (Å²) in [7, 11) is 3.33. The van der Waals surface area contributed by atoms with Crippen molar-refractivity contribution in [3.63, 3.8) is 0 Å². The van der Waals surface area contributed by atoms with Gasteiger partial charge in [-0.2, -0.15) is 0 Å². The molecule has 18 heavy (non-hydrogen) atoms. The molecule has 0 amide bonds. The van der Waals surface area contributed by atoms with Gasteiger partial charge in [-0.3, -0.25) is 0 Å². The molecule has 2 aromatic carbocycles. The zero-order valence-electron chi connectivity index (χ0n) is 10.8. The number of nitrogens with one attached hydrogen (secondary N) is 1. The Labute approximate surface area is 106 Å². The molecule has 0 aromatic heterocycles. The quantitative estimate of drug-likeness (QED) is 0.886. The first kappa shape index (κ1) is 12.4. The van der Waals surface area contributed by atoms with E-state index in [0.29, 0.717) is 5.56 Å². The largest absolute Gasteiger partial charge is 0.494 e. The van der Waals surface area contributed by atoms with E-state index in [0.717, 1.165) is 16.8 Å². The Kier molecular flexibility index (Phi) is 3.51. The number of anilines is 1. The van der Waals surface area contributed by atoms with Crippen molar-refractivity contribution in [2.45, 2.75) is 6.92 Å². The minimum absolute atomic E-state index is 0.266. The van der Waals surface area contributed by atoms with Crippen LogP contribution < -0.4 is 10.1 Å². The van der Waals surface area contributed by atoms with E-state index in [-0.39, 0.29) is 11.6 Å².